The van der Waals surface area contributed by atoms with E-state index in [1.54, 1.807) is 12.3 Å². The highest BCUT2D eigenvalue weighted by Gasteiger charge is 2.22. The van der Waals surface area contributed by atoms with E-state index in [2.05, 4.69) is 21.8 Å². The number of piperidine rings is 2. The molecule has 1 unspecified atom stereocenters. The molecule has 114 valence electrons. The number of hydrogen-bond donors (Lipinski definition) is 0. The zero-order chi connectivity index (χ0) is 14.7. The summed E-state index contributed by atoms with van der Waals surface area (Å²) in [4.78, 5) is 25.5. The standard InChI is InChI=1S/C16H24N4O/c1-13-6-5-11-20(12-13)16-17-8-7-14(18-16)15(21)19-9-3-2-4-10-19/h7-8,13H,2-6,9-12H2,1H3. The van der Waals surface area contributed by atoms with Crippen LogP contribution in [0.4, 0.5) is 5.95 Å². The van der Waals surface area contributed by atoms with Crippen LogP contribution in [0, 0.1) is 5.92 Å². The van der Waals surface area contributed by atoms with E-state index < -0.39 is 0 Å². The summed E-state index contributed by atoms with van der Waals surface area (Å²) in [5, 5.41) is 0. The van der Waals surface area contributed by atoms with E-state index in [0.29, 0.717) is 17.6 Å². The average Bonchev–Trinajstić information content (AvgIpc) is 2.55. The maximum Gasteiger partial charge on any atom is 0.272 e. The molecule has 0 saturated carbocycles. The number of carbonyl (C=O) groups excluding carboxylic acids is 1. The van der Waals surface area contributed by atoms with Crippen molar-refractivity contribution < 1.29 is 4.79 Å². The van der Waals surface area contributed by atoms with Crippen LogP contribution in [-0.4, -0.2) is 47.0 Å². The van der Waals surface area contributed by atoms with E-state index in [-0.39, 0.29) is 5.91 Å². The lowest BCUT2D eigenvalue weighted by Crippen LogP contribution is -2.38. The Morgan fingerprint density at radius 1 is 1.19 bits per heavy atom. The van der Waals surface area contributed by atoms with Gasteiger partial charge in [-0.05, 0) is 44.1 Å². The molecule has 0 aliphatic carbocycles. The summed E-state index contributed by atoms with van der Waals surface area (Å²) >= 11 is 0. The van der Waals surface area contributed by atoms with Gasteiger partial charge in [-0.25, -0.2) is 9.97 Å². The molecule has 1 atom stereocenters. The molecule has 2 saturated heterocycles. The number of aromatic nitrogens is 2. The van der Waals surface area contributed by atoms with Gasteiger partial charge in [-0.1, -0.05) is 6.92 Å². The summed E-state index contributed by atoms with van der Waals surface area (Å²) in [7, 11) is 0. The normalized spacial score (nSPS) is 23.2. The Morgan fingerprint density at radius 2 is 2.00 bits per heavy atom. The molecule has 5 nitrogen and oxygen atoms in total. The summed E-state index contributed by atoms with van der Waals surface area (Å²) in [5.74, 6) is 1.44. The second-order valence-electron chi connectivity index (χ2n) is 6.29. The van der Waals surface area contributed by atoms with Gasteiger partial charge in [-0.15, -0.1) is 0 Å². The zero-order valence-electron chi connectivity index (χ0n) is 12.8. The molecule has 0 aromatic carbocycles. The molecule has 21 heavy (non-hydrogen) atoms. The van der Waals surface area contributed by atoms with Crippen molar-refractivity contribution in [1.29, 1.82) is 0 Å². The zero-order valence-corrected chi connectivity index (χ0v) is 12.8. The fraction of sp³-hybridized carbons (Fsp3) is 0.688. The van der Waals surface area contributed by atoms with Crippen molar-refractivity contribution in [2.75, 3.05) is 31.1 Å². The van der Waals surface area contributed by atoms with Gasteiger partial charge in [0.1, 0.15) is 5.69 Å². The number of anilines is 1. The van der Waals surface area contributed by atoms with Crippen LogP contribution in [0.1, 0.15) is 49.5 Å². The number of hydrogen-bond acceptors (Lipinski definition) is 4. The molecule has 0 N–H and O–H groups in total. The van der Waals surface area contributed by atoms with Crippen molar-refractivity contribution in [3.05, 3.63) is 18.0 Å². The first-order valence-electron chi connectivity index (χ1n) is 8.11. The van der Waals surface area contributed by atoms with E-state index in [9.17, 15) is 4.79 Å². The maximum absolute atomic E-state index is 12.5. The number of likely N-dealkylation sites (tertiary alicyclic amines) is 1. The second-order valence-corrected chi connectivity index (χ2v) is 6.29. The SMILES string of the molecule is CC1CCCN(c2nccc(C(=O)N3CCCCC3)n2)C1. The smallest absolute Gasteiger partial charge is 0.272 e. The van der Waals surface area contributed by atoms with Crippen LogP contribution in [0.25, 0.3) is 0 Å². The van der Waals surface area contributed by atoms with E-state index in [4.69, 9.17) is 0 Å². The van der Waals surface area contributed by atoms with Gasteiger partial charge in [0, 0.05) is 32.4 Å². The van der Waals surface area contributed by atoms with E-state index >= 15 is 0 Å². The summed E-state index contributed by atoms with van der Waals surface area (Å²) in [6.07, 6.45) is 7.60. The number of carbonyl (C=O) groups is 1. The van der Waals surface area contributed by atoms with Crippen molar-refractivity contribution in [3.8, 4) is 0 Å². The van der Waals surface area contributed by atoms with Gasteiger partial charge in [0.05, 0.1) is 0 Å². The maximum atomic E-state index is 12.5. The molecule has 2 aliphatic heterocycles. The van der Waals surface area contributed by atoms with E-state index in [1.165, 1.54) is 19.3 Å². The van der Waals surface area contributed by atoms with Gasteiger partial charge in [0.15, 0.2) is 0 Å². The molecule has 2 aliphatic rings. The first-order chi connectivity index (χ1) is 10.2. The van der Waals surface area contributed by atoms with Crippen LogP contribution in [0.2, 0.25) is 0 Å². The molecule has 1 aromatic heterocycles. The van der Waals surface area contributed by atoms with Crippen LogP contribution in [-0.2, 0) is 0 Å². The third kappa shape index (κ3) is 3.34. The Hall–Kier alpha value is -1.65. The van der Waals surface area contributed by atoms with Crippen molar-refractivity contribution in [1.82, 2.24) is 14.9 Å². The van der Waals surface area contributed by atoms with Crippen molar-refractivity contribution in [3.63, 3.8) is 0 Å². The van der Waals surface area contributed by atoms with Gasteiger partial charge in [-0.3, -0.25) is 4.79 Å². The molecular weight excluding hydrogens is 264 g/mol. The highest BCUT2D eigenvalue weighted by atomic mass is 16.2. The van der Waals surface area contributed by atoms with Crippen molar-refractivity contribution in [2.45, 2.75) is 39.0 Å². The van der Waals surface area contributed by atoms with Crippen LogP contribution in [0.15, 0.2) is 12.3 Å². The lowest BCUT2D eigenvalue weighted by Gasteiger charge is -2.31. The van der Waals surface area contributed by atoms with Crippen LogP contribution < -0.4 is 4.90 Å². The Labute approximate surface area is 126 Å². The van der Waals surface area contributed by atoms with Gasteiger partial charge in [0.2, 0.25) is 5.95 Å². The number of nitrogens with zero attached hydrogens (tertiary/aromatic N) is 4. The fourth-order valence-corrected chi connectivity index (χ4v) is 3.25. The molecule has 0 bridgehead atoms. The lowest BCUT2D eigenvalue weighted by molar-refractivity contribution is 0.0718. The Bertz CT molecular complexity index is 499. The van der Waals surface area contributed by atoms with E-state index in [0.717, 1.165) is 39.0 Å². The summed E-state index contributed by atoms with van der Waals surface area (Å²) in [6, 6.07) is 1.74. The summed E-state index contributed by atoms with van der Waals surface area (Å²) < 4.78 is 0. The van der Waals surface area contributed by atoms with Gasteiger partial charge >= 0.3 is 0 Å². The molecule has 3 rings (SSSR count). The largest absolute Gasteiger partial charge is 0.341 e. The third-order valence-electron chi connectivity index (χ3n) is 4.45. The third-order valence-corrected chi connectivity index (χ3v) is 4.45. The van der Waals surface area contributed by atoms with Gasteiger partial charge in [-0.2, -0.15) is 0 Å². The predicted molar refractivity (Wildman–Crippen MR) is 82.4 cm³/mol. The Kier molecular flexibility index (Phi) is 4.36. The first-order valence-corrected chi connectivity index (χ1v) is 8.11. The highest BCUT2D eigenvalue weighted by molar-refractivity contribution is 5.92. The van der Waals surface area contributed by atoms with Gasteiger partial charge in [0.25, 0.3) is 5.91 Å². The Morgan fingerprint density at radius 3 is 2.76 bits per heavy atom. The van der Waals surface area contributed by atoms with Crippen LogP contribution >= 0.6 is 0 Å². The monoisotopic (exact) mass is 288 g/mol. The fourth-order valence-electron chi connectivity index (χ4n) is 3.25. The number of rotatable bonds is 2. The van der Waals surface area contributed by atoms with Crippen LogP contribution in [0.3, 0.4) is 0 Å². The minimum absolute atomic E-state index is 0.0587. The molecule has 1 aromatic rings. The quantitative estimate of drug-likeness (QED) is 0.838. The average molecular weight is 288 g/mol. The van der Waals surface area contributed by atoms with Crippen molar-refractivity contribution >= 4 is 11.9 Å². The molecule has 2 fully saturated rings. The molecule has 0 radical (unpaired) electrons. The molecule has 0 spiro atoms. The summed E-state index contributed by atoms with van der Waals surface area (Å²) in [6.45, 7) is 5.96. The topological polar surface area (TPSA) is 49.3 Å². The lowest BCUT2D eigenvalue weighted by atomic mass is 10.0. The van der Waals surface area contributed by atoms with Crippen LogP contribution in [0.5, 0.6) is 0 Å². The minimum Gasteiger partial charge on any atom is -0.341 e. The predicted octanol–water partition coefficient (Wildman–Crippen LogP) is 2.34. The molecular formula is C16H24N4O. The molecule has 1 amide bonds. The van der Waals surface area contributed by atoms with E-state index in [1.807, 2.05) is 4.90 Å². The molecule has 3 heterocycles. The first kappa shape index (κ1) is 14.3. The molecule has 5 heteroatoms. The highest BCUT2D eigenvalue weighted by Crippen LogP contribution is 2.20. The van der Waals surface area contributed by atoms with Gasteiger partial charge < -0.3 is 9.80 Å². The van der Waals surface area contributed by atoms with Crippen molar-refractivity contribution in [2.24, 2.45) is 5.92 Å². The second kappa shape index (κ2) is 6.41. The Balaban J connectivity index is 1.74. The minimum atomic E-state index is 0.0587. The summed E-state index contributed by atoms with van der Waals surface area (Å²) in [5.41, 5.74) is 0.542. The number of amides is 1.